The number of carbonyl (C=O) groups excluding carboxylic acids is 1. The van der Waals surface area contributed by atoms with E-state index >= 15 is 0 Å². The lowest BCUT2D eigenvalue weighted by molar-refractivity contribution is 0.212. The molecule has 1 heterocycles. The normalized spacial score (nSPS) is 19.9. The zero-order valence-electron chi connectivity index (χ0n) is 16.3. The Balaban J connectivity index is 1.52. The Hall–Kier alpha value is -2.04. The van der Waals surface area contributed by atoms with Crippen LogP contribution in [0, 0.1) is 11.8 Å². The van der Waals surface area contributed by atoms with Gasteiger partial charge in [-0.15, -0.1) is 0 Å². The van der Waals surface area contributed by atoms with E-state index in [4.69, 9.17) is 28.3 Å². The first-order chi connectivity index (χ1) is 14.1. The van der Waals surface area contributed by atoms with E-state index in [2.05, 4.69) is 5.32 Å². The highest BCUT2D eigenvalue weighted by Gasteiger charge is 2.33. The van der Waals surface area contributed by atoms with Crippen LogP contribution in [0.25, 0.3) is 0 Å². The standard InChI is InChI=1S/C23H25Cl2N3O/c24-19-8-6-17(7-9-19)22-18(14-16-4-2-1-3-5-16)15-28(27-22)23(29)26-21-12-10-20(25)11-13-21/h6-13,16,18H,1-5,14-15H2,(H,26,29). The molecule has 4 nitrogen and oxygen atoms in total. The lowest BCUT2D eigenvalue weighted by Gasteiger charge is -2.25. The fourth-order valence-corrected chi connectivity index (χ4v) is 4.57. The molecule has 0 spiro atoms. The largest absolute Gasteiger partial charge is 0.342 e. The van der Waals surface area contributed by atoms with Crippen molar-refractivity contribution in [3.05, 3.63) is 64.1 Å². The Morgan fingerprint density at radius 2 is 1.59 bits per heavy atom. The molecule has 1 fully saturated rings. The number of halogens is 2. The van der Waals surface area contributed by atoms with Crippen molar-refractivity contribution in [3.8, 4) is 0 Å². The Morgan fingerprint density at radius 1 is 0.966 bits per heavy atom. The van der Waals surface area contributed by atoms with Crippen LogP contribution in [0.2, 0.25) is 10.0 Å². The van der Waals surface area contributed by atoms with Gasteiger partial charge in [-0.2, -0.15) is 5.10 Å². The van der Waals surface area contributed by atoms with Gasteiger partial charge in [-0.05, 0) is 54.3 Å². The molecule has 4 rings (SSSR count). The maximum absolute atomic E-state index is 12.8. The SMILES string of the molecule is O=C(Nc1ccc(Cl)cc1)N1CC(CC2CCCCC2)C(c2ccc(Cl)cc2)=N1. The molecule has 6 heteroatoms. The van der Waals surface area contributed by atoms with Crippen LogP contribution in [0.1, 0.15) is 44.1 Å². The van der Waals surface area contributed by atoms with E-state index < -0.39 is 0 Å². The molecule has 29 heavy (non-hydrogen) atoms. The van der Waals surface area contributed by atoms with E-state index in [9.17, 15) is 4.79 Å². The highest BCUT2D eigenvalue weighted by molar-refractivity contribution is 6.31. The number of rotatable bonds is 4. The molecule has 1 unspecified atom stereocenters. The molecule has 0 aromatic heterocycles. The zero-order chi connectivity index (χ0) is 20.2. The summed E-state index contributed by atoms with van der Waals surface area (Å²) in [5, 5.41) is 10.5. The number of hydrogen-bond acceptors (Lipinski definition) is 2. The molecule has 1 atom stereocenters. The van der Waals surface area contributed by atoms with Crippen LogP contribution in [-0.2, 0) is 0 Å². The van der Waals surface area contributed by atoms with Gasteiger partial charge >= 0.3 is 6.03 Å². The molecule has 2 amide bonds. The van der Waals surface area contributed by atoms with Crippen molar-refractivity contribution in [2.75, 3.05) is 11.9 Å². The van der Waals surface area contributed by atoms with Gasteiger partial charge in [0.15, 0.2) is 0 Å². The van der Waals surface area contributed by atoms with E-state index in [-0.39, 0.29) is 11.9 Å². The van der Waals surface area contributed by atoms with Crippen molar-refractivity contribution in [2.24, 2.45) is 16.9 Å². The maximum atomic E-state index is 12.8. The van der Waals surface area contributed by atoms with E-state index in [0.29, 0.717) is 28.2 Å². The summed E-state index contributed by atoms with van der Waals surface area (Å²) in [5.74, 6) is 0.959. The van der Waals surface area contributed by atoms with Crippen molar-refractivity contribution in [1.29, 1.82) is 0 Å². The van der Waals surface area contributed by atoms with Gasteiger partial charge in [0.2, 0.25) is 0 Å². The van der Waals surface area contributed by atoms with Crippen LogP contribution >= 0.6 is 23.2 Å². The number of nitrogens with one attached hydrogen (secondary N) is 1. The highest BCUT2D eigenvalue weighted by Crippen LogP contribution is 2.33. The average molecular weight is 430 g/mol. The van der Waals surface area contributed by atoms with Gasteiger partial charge < -0.3 is 5.32 Å². The number of benzene rings is 2. The van der Waals surface area contributed by atoms with Crippen LogP contribution < -0.4 is 5.32 Å². The van der Waals surface area contributed by atoms with Crippen molar-refractivity contribution >= 4 is 40.6 Å². The van der Waals surface area contributed by atoms with Crippen LogP contribution in [0.4, 0.5) is 10.5 Å². The lowest BCUT2D eigenvalue weighted by atomic mass is 9.80. The number of anilines is 1. The molecule has 1 aliphatic heterocycles. The first kappa shape index (κ1) is 20.2. The molecule has 2 aromatic rings. The quantitative estimate of drug-likeness (QED) is 0.568. The van der Waals surface area contributed by atoms with Crippen molar-refractivity contribution in [2.45, 2.75) is 38.5 Å². The van der Waals surface area contributed by atoms with Crippen LogP contribution in [0.3, 0.4) is 0 Å². The fourth-order valence-electron chi connectivity index (χ4n) is 4.32. The minimum absolute atomic E-state index is 0.218. The zero-order valence-corrected chi connectivity index (χ0v) is 17.8. The summed E-state index contributed by atoms with van der Waals surface area (Å²) in [4.78, 5) is 12.8. The molecule has 2 aromatic carbocycles. The van der Waals surface area contributed by atoms with Crippen molar-refractivity contribution < 1.29 is 4.79 Å². The molecular formula is C23H25Cl2N3O. The molecule has 1 N–H and O–H groups in total. The summed E-state index contributed by atoms with van der Waals surface area (Å²) in [6.07, 6.45) is 7.60. The van der Waals surface area contributed by atoms with E-state index in [1.807, 2.05) is 24.3 Å². The molecule has 0 bridgehead atoms. The predicted molar refractivity (Wildman–Crippen MR) is 120 cm³/mol. The molecule has 0 saturated heterocycles. The molecule has 2 aliphatic rings. The number of nitrogens with zero attached hydrogens (tertiary/aromatic N) is 2. The van der Waals surface area contributed by atoms with E-state index in [0.717, 1.165) is 17.7 Å². The van der Waals surface area contributed by atoms with Gasteiger partial charge in [-0.1, -0.05) is 67.4 Å². The average Bonchev–Trinajstić information content (AvgIpc) is 3.15. The Labute approximate surface area is 181 Å². The first-order valence-electron chi connectivity index (χ1n) is 10.3. The molecule has 0 radical (unpaired) electrons. The first-order valence-corrected chi connectivity index (χ1v) is 11.0. The second-order valence-electron chi connectivity index (χ2n) is 7.95. The number of hydrazone groups is 1. The fraction of sp³-hybridized carbons (Fsp3) is 0.391. The van der Waals surface area contributed by atoms with Gasteiger partial charge in [0.1, 0.15) is 0 Å². The van der Waals surface area contributed by atoms with Crippen LogP contribution in [0.5, 0.6) is 0 Å². The van der Waals surface area contributed by atoms with Gasteiger partial charge in [0.05, 0.1) is 12.3 Å². The molecule has 1 aliphatic carbocycles. The van der Waals surface area contributed by atoms with E-state index in [1.54, 1.807) is 29.3 Å². The lowest BCUT2D eigenvalue weighted by Crippen LogP contribution is -2.31. The number of carbonyl (C=O) groups is 1. The minimum atomic E-state index is -0.218. The second-order valence-corrected chi connectivity index (χ2v) is 8.82. The third-order valence-corrected chi connectivity index (χ3v) is 6.32. The number of urea groups is 1. The van der Waals surface area contributed by atoms with Gasteiger partial charge in [0.25, 0.3) is 0 Å². The highest BCUT2D eigenvalue weighted by atomic mass is 35.5. The van der Waals surface area contributed by atoms with E-state index in [1.165, 1.54) is 32.1 Å². The second kappa shape index (κ2) is 9.19. The maximum Gasteiger partial charge on any atom is 0.342 e. The van der Waals surface area contributed by atoms with Gasteiger partial charge in [0, 0.05) is 21.7 Å². The minimum Gasteiger partial charge on any atom is -0.306 e. The summed E-state index contributed by atoms with van der Waals surface area (Å²) in [6.45, 7) is 0.605. The molecule has 152 valence electrons. The summed E-state index contributed by atoms with van der Waals surface area (Å²) >= 11 is 12.0. The summed E-state index contributed by atoms with van der Waals surface area (Å²) in [6, 6.07) is 14.6. The van der Waals surface area contributed by atoms with Crippen LogP contribution in [-0.4, -0.2) is 23.3 Å². The third kappa shape index (κ3) is 5.12. The van der Waals surface area contributed by atoms with Crippen molar-refractivity contribution in [3.63, 3.8) is 0 Å². The molecular weight excluding hydrogens is 405 g/mol. The predicted octanol–water partition coefficient (Wildman–Crippen LogP) is 6.83. The van der Waals surface area contributed by atoms with Gasteiger partial charge in [-0.3, -0.25) is 0 Å². The molecule has 1 saturated carbocycles. The number of hydrogen-bond donors (Lipinski definition) is 1. The van der Waals surface area contributed by atoms with Crippen LogP contribution in [0.15, 0.2) is 53.6 Å². The Kier molecular flexibility index (Phi) is 6.41. The third-order valence-electron chi connectivity index (χ3n) is 5.82. The monoisotopic (exact) mass is 429 g/mol. The number of amides is 2. The summed E-state index contributed by atoms with van der Waals surface area (Å²) in [5.41, 5.74) is 2.73. The smallest absolute Gasteiger partial charge is 0.306 e. The van der Waals surface area contributed by atoms with Gasteiger partial charge in [-0.25, -0.2) is 9.80 Å². The topological polar surface area (TPSA) is 44.7 Å². The Morgan fingerprint density at radius 3 is 2.24 bits per heavy atom. The Bertz CT molecular complexity index is 874. The summed E-state index contributed by atoms with van der Waals surface area (Å²) in [7, 11) is 0. The van der Waals surface area contributed by atoms with Crippen molar-refractivity contribution in [1.82, 2.24) is 5.01 Å². The summed E-state index contributed by atoms with van der Waals surface area (Å²) < 4.78 is 0.